The fourth-order valence-electron chi connectivity index (χ4n) is 5.67. The number of unbranched alkanes of at least 4 members (excludes halogenated alkanes) is 12. The van der Waals surface area contributed by atoms with E-state index in [0.717, 1.165) is 103 Å². The Morgan fingerprint density at radius 1 is 0.466 bits per heavy atom. The molecule has 330 valence electrons. The summed E-state index contributed by atoms with van der Waals surface area (Å²) in [5.74, 6) is -0.843. The van der Waals surface area contributed by atoms with E-state index in [0.29, 0.717) is 12.8 Å². The van der Waals surface area contributed by atoms with E-state index in [1.807, 2.05) is 0 Å². The lowest BCUT2D eigenvalue weighted by Crippen LogP contribution is -2.29. The van der Waals surface area contributed by atoms with Gasteiger partial charge in [0.25, 0.3) is 0 Å². The zero-order valence-corrected chi connectivity index (χ0v) is 37.6. The molecule has 0 radical (unpaired) electrons. The van der Waals surface area contributed by atoms with Crippen molar-refractivity contribution in [2.45, 2.75) is 181 Å². The molecule has 0 saturated heterocycles. The smallest absolute Gasteiger partial charge is 0.462 e. The van der Waals surface area contributed by atoms with E-state index in [-0.39, 0.29) is 26.1 Å². The highest BCUT2D eigenvalue weighted by Gasteiger charge is 2.25. The van der Waals surface area contributed by atoms with Gasteiger partial charge in [0.05, 0.1) is 13.2 Å². The standard InChI is InChI=1S/C49H81O8P/c1-4-7-9-11-13-15-17-19-21-23-24-25-26-28-30-32-34-36-38-40-42-44-49(51)57-47(46-56-58(52,53)55-6-3)45-54-48(50)43-41-39-37-35-33-31-29-27-22-20-18-16-14-12-10-8-5-2/h7-10,13-16,19-22,24-25,29,31,47H,4-6,11-12,17-18,23,26-28,30,32-46H2,1-3H3,(H,52,53)/b9-7-,10-8-,15-13-,16-14-,21-19-,22-20-,25-24-,31-29-. The molecule has 0 heterocycles. The molecule has 2 atom stereocenters. The SMILES string of the molecule is CC/C=C\C/C=C\C/C=C\C/C=C\CCCCCCCCCCC(=O)OC(COC(=O)CCCCCC/C=C\C/C=C\C/C=C\C/C=C\CC)COP(=O)(O)OCC. The molecule has 0 amide bonds. The molecular weight excluding hydrogens is 748 g/mol. The number of rotatable bonds is 40. The third-order valence-electron chi connectivity index (χ3n) is 8.89. The van der Waals surface area contributed by atoms with Crippen molar-refractivity contribution in [3.63, 3.8) is 0 Å². The number of allylic oxidation sites excluding steroid dienone is 16. The third kappa shape index (κ3) is 42.6. The van der Waals surface area contributed by atoms with Crippen molar-refractivity contribution in [2.24, 2.45) is 0 Å². The predicted octanol–water partition coefficient (Wildman–Crippen LogP) is 14.4. The van der Waals surface area contributed by atoms with E-state index in [9.17, 15) is 19.0 Å². The molecule has 0 rings (SSSR count). The molecule has 0 aromatic rings. The van der Waals surface area contributed by atoms with Gasteiger partial charge in [-0.15, -0.1) is 0 Å². The lowest BCUT2D eigenvalue weighted by atomic mass is 10.1. The van der Waals surface area contributed by atoms with Crippen molar-refractivity contribution in [3.05, 3.63) is 97.2 Å². The van der Waals surface area contributed by atoms with Gasteiger partial charge in [-0.05, 0) is 96.8 Å². The second-order valence-electron chi connectivity index (χ2n) is 14.3. The van der Waals surface area contributed by atoms with Crippen LogP contribution in [-0.2, 0) is 32.7 Å². The molecule has 8 nitrogen and oxygen atoms in total. The molecule has 0 aliphatic carbocycles. The van der Waals surface area contributed by atoms with Gasteiger partial charge >= 0.3 is 19.8 Å². The van der Waals surface area contributed by atoms with Gasteiger partial charge in [-0.3, -0.25) is 18.6 Å². The summed E-state index contributed by atoms with van der Waals surface area (Å²) in [5.41, 5.74) is 0. The Bertz CT molecular complexity index is 1260. The Balaban J connectivity index is 4.13. The van der Waals surface area contributed by atoms with Crippen LogP contribution in [0, 0.1) is 0 Å². The molecule has 2 unspecified atom stereocenters. The molecule has 0 bridgehead atoms. The van der Waals surface area contributed by atoms with Crippen LogP contribution in [0.4, 0.5) is 0 Å². The van der Waals surface area contributed by atoms with Crippen molar-refractivity contribution in [1.82, 2.24) is 0 Å². The first kappa shape index (κ1) is 55.0. The minimum atomic E-state index is -4.30. The summed E-state index contributed by atoms with van der Waals surface area (Å²) < 4.78 is 32.7. The molecule has 0 spiro atoms. The summed E-state index contributed by atoms with van der Waals surface area (Å²) >= 11 is 0. The summed E-state index contributed by atoms with van der Waals surface area (Å²) in [7, 11) is -4.30. The molecule has 9 heteroatoms. The molecule has 0 fully saturated rings. The van der Waals surface area contributed by atoms with Crippen molar-refractivity contribution >= 4 is 19.8 Å². The van der Waals surface area contributed by atoms with Crippen molar-refractivity contribution in [3.8, 4) is 0 Å². The maximum absolute atomic E-state index is 12.6. The zero-order chi connectivity index (χ0) is 42.5. The molecule has 1 N–H and O–H groups in total. The average Bonchev–Trinajstić information content (AvgIpc) is 3.20. The number of phosphoric acid groups is 1. The van der Waals surface area contributed by atoms with Crippen LogP contribution in [0.3, 0.4) is 0 Å². The predicted molar refractivity (Wildman–Crippen MR) is 244 cm³/mol. The minimum Gasteiger partial charge on any atom is -0.462 e. The van der Waals surface area contributed by atoms with Gasteiger partial charge in [0, 0.05) is 12.8 Å². The molecule has 0 aliphatic heterocycles. The molecular formula is C49H81O8P. The van der Waals surface area contributed by atoms with Crippen LogP contribution >= 0.6 is 7.82 Å². The quantitative estimate of drug-likeness (QED) is 0.0281. The van der Waals surface area contributed by atoms with Gasteiger partial charge in [0.1, 0.15) is 6.61 Å². The third-order valence-corrected chi connectivity index (χ3v) is 9.95. The second kappa shape index (κ2) is 43.5. The van der Waals surface area contributed by atoms with Crippen molar-refractivity contribution in [2.75, 3.05) is 19.8 Å². The summed E-state index contributed by atoms with van der Waals surface area (Å²) in [5, 5.41) is 0. The van der Waals surface area contributed by atoms with Gasteiger partial charge < -0.3 is 14.4 Å². The Labute approximate surface area is 354 Å². The number of ether oxygens (including phenoxy) is 2. The monoisotopic (exact) mass is 829 g/mol. The van der Waals surface area contributed by atoms with E-state index >= 15 is 0 Å². The number of carbonyl (C=O) groups is 2. The minimum absolute atomic E-state index is 0.0112. The van der Waals surface area contributed by atoms with Gasteiger partial charge in [0.15, 0.2) is 6.10 Å². The number of phosphoric ester groups is 1. The number of hydrogen-bond donors (Lipinski definition) is 1. The van der Waals surface area contributed by atoms with E-state index in [1.54, 1.807) is 6.92 Å². The van der Waals surface area contributed by atoms with Crippen molar-refractivity contribution < 1.29 is 37.6 Å². The Morgan fingerprint density at radius 2 is 0.828 bits per heavy atom. The Hall–Kier alpha value is -3.03. The maximum Gasteiger partial charge on any atom is 0.472 e. The lowest BCUT2D eigenvalue weighted by Gasteiger charge is -2.19. The Morgan fingerprint density at radius 3 is 1.24 bits per heavy atom. The molecule has 0 aliphatic rings. The summed E-state index contributed by atoms with van der Waals surface area (Å²) in [6, 6.07) is 0. The van der Waals surface area contributed by atoms with Crippen LogP contribution in [0.1, 0.15) is 175 Å². The van der Waals surface area contributed by atoms with Gasteiger partial charge in [-0.2, -0.15) is 0 Å². The van der Waals surface area contributed by atoms with Crippen LogP contribution in [0.25, 0.3) is 0 Å². The van der Waals surface area contributed by atoms with E-state index in [1.165, 1.54) is 25.7 Å². The highest BCUT2D eigenvalue weighted by Crippen LogP contribution is 2.43. The molecule has 0 saturated carbocycles. The van der Waals surface area contributed by atoms with Gasteiger partial charge in [-0.25, -0.2) is 4.57 Å². The van der Waals surface area contributed by atoms with Crippen LogP contribution in [-0.4, -0.2) is 42.8 Å². The maximum atomic E-state index is 12.6. The number of esters is 2. The largest absolute Gasteiger partial charge is 0.472 e. The molecule has 0 aromatic heterocycles. The summed E-state index contributed by atoms with van der Waals surface area (Å²) in [4.78, 5) is 34.8. The van der Waals surface area contributed by atoms with Crippen LogP contribution in [0.5, 0.6) is 0 Å². The highest BCUT2D eigenvalue weighted by molar-refractivity contribution is 7.47. The first-order valence-corrected chi connectivity index (χ1v) is 24.0. The highest BCUT2D eigenvalue weighted by atomic mass is 31.2. The van der Waals surface area contributed by atoms with Crippen LogP contribution in [0.2, 0.25) is 0 Å². The van der Waals surface area contributed by atoms with Gasteiger partial charge in [-0.1, -0.05) is 162 Å². The first-order chi connectivity index (χ1) is 28.3. The van der Waals surface area contributed by atoms with E-state index < -0.39 is 32.5 Å². The van der Waals surface area contributed by atoms with Crippen molar-refractivity contribution in [1.29, 1.82) is 0 Å². The first-order valence-electron chi connectivity index (χ1n) is 22.5. The zero-order valence-electron chi connectivity index (χ0n) is 36.7. The number of hydrogen-bond acceptors (Lipinski definition) is 7. The Kier molecular flexibility index (Phi) is 41.3. The summed E-state index contributed by atoms with van der Waals surface area (Å²) in [6.07, 6.45) is 57.4. The fourth-order valence-corrected chi connectivity index (χ4v) is 6.42. The fraction of sp³-hybridized carbons (Fsp3) is 0.633. The van der Waals surface area contributed by atoms with Crippen LogP contribution < -0.4 is 0 Å². The normalized spacial score (nSPS) is 14.2. The average molecular weight is 829 g/mol. The second-order valence-corrected chi connectivity index (χ2v) is 15.8. The van der Waals surface area contributed by atoms with E-state index in [4.69, 9.17) is 18.5 Å². The molecule has 0 aromatic carbocycles. The van der Waals surface area contributed by atoms with Crippen LogP contribution in [0.15, 0.2) is 97.2 Å². The molecule has 58 heavy (non-hydrogen) atoms. The van der Waals surface area contributed by atoms with E-state index in [2.05, 4.69) is 111 Å². The lowest BCUT2D eigenvalue weighted by molar-refractivity contribution is -0.161. The topological polar surface area (TPSA) is 108 Å². The summed E-state index contributed by atoms with van der Waals surface area (Å²) in [6.45, 7) is 5.20. The van der Waals surface area contributed by atoms with Gasteiger partial charge in [0.2, 0.25) is 0 Å². The number of carbonyl (C=O) groups excluding carboxylic acids is 2.